The first-order valence-corrected chi connectivity index (χ1v) is 9.45. The first kappa shape index (κ1) is 17.4. The van der Waals surface area contributed by atoms with Gasteiger partial charge < -0.3 is 4.74 Å². The molecule has 0 radical (unpaired) electrons. The van der Waals surface area contributed by atoms with E-state index in [4.69, 9.17) is 4.74 Å². The van der Waals surface area contributed by atoms with Gasteiger partial charge in [0, 0.05) is 11.3 Å². The highest BCUT2D eigenvalue weighted by molar-refractivity contribution is 7.99. The zero-order valence-electron chi connectivity index (χ0n) is 14.8. The fourth-order valence-corrected chi connectivity index (χ4v) is 3.78. The van der Waals surface area contributed by atoms with Crippen LogP contribution in [0, 0.1) is 0 Å². The summed E-state index contributed by atoms with van der Waals surface area (Å²) in [5.41, 5.74) is 1.60. The highest BCUT2D eigenvalue weighted by atomic mass is 32.2. The summed E-state index contributed by atoms with van der Waals surface area (Å²) in [5, 5.41) is 9.98. The van der Waals surface area contributed by atoms with Crippen LogP contribution in [0.5, 0.6) is 5.75 Å². The Kier molecular flexibility index (Phi) is 4.68. The van der Waals surface area contributed by atoms with Gasteiger partial charge in [0.1, 0.15) is 5.75 Å². The van der Waals surface area contributed by atoms with Crippen LogP contribution in [0.2, 0.25) is 0 Å². The van der Waals surface area contributed by atoms with Crippen LogP contribution in [0.3, 0.4) is 0 Å². The van der Waals surface area contributed by atoms with Gasteiger partial charge in [-0.05, 0) is 18.2 Å². The predicted molar refractivity (Wildman–Crippen MR) is 108 cm³/mol. The lowest BCUT2D eigenvalue weighted by Gasteiger charge is -2.13. The maximum Gasteiger partial charge on any atom is 0.263 e. The Bertz CT molecular complexity index is 1200. The topological polar surface area (TPSA) is 61.4 Å². The van der Waals surface area contributed by atoms with Gasteiger partial charge in [0.05, 0.1) is 24.6 Å². The Morgan fingerprint density at radius 1 is 1.15 bits per heavy atom. The smallest absolute Gasteiger partial charge is 0.263 e. The molecule has 0 unspecified atom stereocenters. The van der Waals surface area contributed by atoms with Gasteiger partial charge in [0.2, 0.25) is 5.78 Å². The van der Waals surface area contributed by atoms with E-state index in [1.165, 1.54) is 11.8 Å². The molecule has 2 heterocycles. The molecule has 0 saturated heterocycles. The molecule has 0 amide bonds. The van der Waals surface area contributed by atoms with Crippen molar-refractivity contribution in [1.29, 1.82) is 0 Å². The van der Waals surface area contributed by atoms with Gasteiger partial charge in [-0.1, -0.05) is 48.2 Å². The monoisotopic (exact) mass is 378 g/mol. The number of para-hydroxylation sites is 2. The lowest BCUT2D eigenvalue weighted by Crippen LogP contribution is -2.24. The molecule has 4 rings (SSSR count). The number of thioether (sulfide) groups is 1. The molecule has 136 valence electrons. The molecule has 4 aromatic rings. The van der Waals surface area contributed by atoms with E-state index in [9.17, 15) is 4.79 Å². The third-order valence-electron chi connectivity index (χ3n) is 4.33. The number of benzene rings is 2. The van der Waals surface area contributed by atoms with Crippen molar-refractivity contribution in [2.75, 3.05) is 12.9 Å². The van der Waals surface area contributed by atoms with E-state index < -0.39 is 0 Å². The molecule has 0 aliphatic heterocycles. The molecule has 0 saturated carbocycles. The van der Waals surface area contributed by atoms with Crippen molar-refractivity contribution in [2.24, 2.45) is 0 Å². The SMILES string of the molecule is C=CCSc1nnc2n(Cc3ccccc3OC)c(=O)c3ccccc3n12. The van der Waals surface area contributed by atoms with Crippen LogP contribution in [0.1, 0.15) is 5.56 Å². The summed E-state index contributed by atoms with van der Waals surface area (Å²) in [5.74, 6) is 1.95. The number of ether oxygens (including phenoxy) is 1. The summed E-state index contributed by atoms with van der Waals surface area (Å²) < 4.78 is 9.02. The minimum absolute atomic E-state index is 0.100. The number of methoxy groups -OCH3 is 1. The highest BCUT2D eigenvalue weighted by Gasteiger charge is 2.17. The summed E-state index contributed by atoms with van der Waals surface area (Å²) in [7, 11) is 1.62. The molecule has 0 spiro atoms. The molecule has 0 atom stereocenters. The number of hydrogen-bond acceptors (Lipinski definition) is 5. The fourth-order valence-electron chi connectivity index (χ4n) is 3.11. The van der Waals surface area contributed by atoms with Crippen molar-refractivity contribution >= 4 is 28.4 Å². The standard InChI is InChI=1S/C20H18N4O2S/c1-3-12-27-20-22-21-19-23(13-14-8-4-7-11-17(14)26-2)18(25)15-9-5-6-10-16(15)24(19)20/h3-11H,1,12-13H2,2H3. The van der Waals surface area contributed by atoms with Gasteiger partial charge in [0.25, 0.3) is 5.56 Å². The van der Waals surface area contributed by atoms with Crippen molar-refractivity contribution < 1.29 is 4.74 Å². The lowest BCUT2D eigenvalue weighted by atomic mass is 10.2. The molecule has 2 aromatic heterocycles. The average Bonchev–Trinajstić information content (AvgIpc) is 3.13. The number of hydrogen-bond donors (Lipinski definition) is 0. The van der Waals surface area contributed by atoms with Crippen molar-refractivity contribution in [3.63, 3.8) is 0 Å². The summed E-state index contributed by atoms with van der Waals surface area (Å²) in [6, 6.07) is 15.2. The molecule has 0 bridgehead atoms. The zero-order valence-corrected chi connectivity index (χ0v) is 15.6. The second-order valence-electron chi connectivity index (χ2n) is 5.94. The molecule has 0 fully saturated rings. The summed E-state index contributed by atoms with van der Waals surface area (Å²) in [6.07, 6.45) is 1.82. The van der Waals surface area contributed by atoms with Crippen LogP contribution in [0.25, 0.3) is 16.7 Å². The first-order chi connectivity index (χ1) is 13.2. The summed E-state index contributed by atoms with van der Waals surface area (Å²) >= 11 is 1.53. The first-order valence-electron chi connectivity index (χ1n) is 8.47. The quantitative estimate of drug-likeness (QED) is 0.380. The second kappa shape index (κ2) is 7.28. The maximum absolute atomic E-state index is 13.2. The van der Waals surface area contributed by atoms with E-state index in [0.29, 0.717) is 23.5 Å². The Morgan fingerprint density at radius 2 is 1.93 bits per heavy atom. The van der Waals surface area contributed by atoms with E-state index in [0.717, 1.165) is 22.0 Å². The maximum atomic E-state index is 13.2. The molecule has 0 N–H and O–H groups in total. The molecule has 6 nitrogen and oxygen atoms in total. The fraction of sp³-hybridized carbons (Fsp3) is 0.150. The second-order valence-corrected chi connectivity index (χ2v) is 6.93. The Labute approximate surface area is 160 Å². The lowest BCUT2D eigenvalue weighted by molar-refractivity contribution is 0.408. The van der Waals surface area contributed by atoms with Gasteiger partial charge in [-0.15, -0.1) is 16.8 Å². The van der Waals surface area contributed by atoms with Crippen molar-refractivity contribution in [3.05, 3.63) is 77.1 Å². The van der Waals surface area contributed by atoms with Crippen LogP contribution in [-0.2, 0) is 6.54 Å². The Morgan fingerprint density at radius 3 is 2.74 bits per heavy atom. The van der Waals surface area contributed by atoms with Crippen LogP contribution in [0.4, 0.5) is 0 Å². The molecule has 0 aliphatic rings. The highest BCUT2D eigenvalue weighted by Crippen LogP contribution is 2.23. The van der Waals surface area contributed by atoms with Crippen LogP contribution in [0.15, 0.2) is 71.1 Å². The molecule has 27 heavy (non-hydrogen) atoms. The normalized spacial score (nSPS) is 11.1. The van der Waals surface area contributed by atoms with E-state index in [2.05, 4.69) is 16.8 Å². The van der Waals surface area contributed by atoms with Crippen molar-refractivity contribution in [2.45, 2.75) is 11.7 Å². The molecule has 7 heteroatoms. The van der Waals surface area contributed by atoms with E-state index >= 15 is 0 Å². The van der Waals surface area contributed by atoms with Crippen LogP contribution >= 0.6 is 11.8 Å². The Hall–Kier alpha value is -3.06. The molecular formula is C20H18N4O2S. The van der Waals surface area contributed by atoms with Gasteiger partial charge >= 0.3 is 0 Å². The largest absolute Gasteiger partial charge is 0.496 e. The third-order valence-corrected chi connectivity index (χ3v) is 5.25. The van der Waals surface area contributed by atoms with Gasteiger partial charge in [0.15, 0.2) is 5.16 Å². The molecule has 0 aliphatic carbocycles. The number of rotatable bonds is 6. The Balaban J connectivity index is 1.99. The van der Waals surface area contributed by atoms with Crippen molar-refractivity contribution in [1.82, 2.24) is 19.2 Å². The van der Waals surface area contributed by atoms with Crippen LogP contribution in [-0.4, -0.2) is 32.0 Å². The zero-order chi connectivity index (χ0) is 18.8. The number of fused-ring (bicyclic) bond motifs is 3. The van der Waals surface area contributed by atoms with E-state index in [1.807, 2.05) is 59.0 Å². The molecule has 2 aromatic carbocycles. The minimum Gasteiger partial charge on any atom is -0.496 e. The average molecular weight is 378 g/mol. The summed E-state index contributed by atoms with van der Waals surface area (Å²) in [6.45, 7) is 4.11. The number of nitrogens with zero attached hydrogens (tertiary/aromatic N) is 4. The van der Waals surface area contributed by atoms with E-state index in [-0.39, 0.29) is 5.56 Å². The summed E-state index contributed by atoms with van der Waals surface area (Å²) in [4.78, 5) is 13.2. The van der Waals surface area contributed by atoms with Gasteiger partial charge in [-0.2, -0.15) is 0 Å². The van der Waals surface area contributed by atoms with Gasteiger partial charge in [-0.25, -0.2) is 0 Å². The molecular weight excluding hydrogens is 360 g/mol. The van der Waals surface area contributed by atoms with Crippen LogP contribution < -0.4 is 10.3 Å². The third kappa shape index (κ3) is 3.00. The predicted octanol–water partition coefficient (Wildman–Crippen LogP) is 3.38. The van der Waals surface area contributed by atoms with Crippen molar-refractivity contribution in [3.8, 4) is 5.75 Å². The minimum atomic E-state index is -0.100. The van der Waals surface area contributed by atoms with Gasteiger partial charge in [-0.3, -0.25) is 13.8 Å². The number of aromatic nitrogens is 4. The van der Waals surface area contributed by atoms with E-state index in [1.54, 1.807) is 11.7 Å².